The molecule has 0 saturated carbocycles. The van der Waals surface area contributed by atoms with Gasteiger partial charge in [0.15, 0.2) is 0 Å². The van der Waals surface area contributed by atoms with Crippen LogP contribution in [-0.4, -0.2) is 15.5 Å². The fraction of sp³-hybridized carbons (Fsp3) is 0.444. The summed E-state index contributed by atoms with van der Waals surface area (Å²) in [4.78, 5) is 16.6. The Bertz CT molecular complexity index is 630. The van der Waals surface area contributed by atoms with E-state index >= 15 is 0 Å². The lowest BCUT2D eigenvalue weighted by molar-refractivity contribution is -0.115. The number of benzene rings is 1. The molecule has 0 spiro atoms. The molecule has 1 heterocycles. The molecule has 1 N–H and O–H groups in total. The SMILES string of the molecule is CC(C)c1cccc(C(C)C)c1NC(=O)Cc1nccn1C. The second kappa shape index (κ2) is 6.77. The van der Waals surface area contributed by atoms with Crippen molar-refractivity contribution >= 4 is 11.6 Å². The highest BCUT2D eigenvalue weighted by Gasteiger charge is 2.16. The number of nitrogens with one attached hydrogen (secondary N) is 1. The number of imidazole rings is 1. The number of carbonyl (C=O) groups is 1. The normalized spacial score (nSPS) is 11.2. The molecule has 0 aliphatic rings. The van der Waals surface area contributed by atoms with Crippen LogP contribution in [0.1, 0.15) is 56.5 Å². The zero-order valence-corrected chi connectivity index (χ0v) is 14.1. The zero-order valence-electron chi connectivity index (χ0n) is 14.1. The van der Waals surface area contributed by atoms with Crippen LogP contribution in [0.2, 0.25) is 0 Å². The third kappa shape index (κ3) is 3.56. The highest BCUT2D eigenvalue weighted by atomic mass is 16.1. The molecular formula is C18H25N3O. The van der Waals surface area contributed by atoms with Crippen molar-refractivity contribution in [3.63, 3.8) is 0 Å². The summed E-state index contributed by atoms with van der Waals surface area (Å²) in [5, 5.41) is 3.12. The van der Waals surface area contributed by atoms with Crippen LogP contribution in [0.15, 0.2) is 30.6 Å². The number of hydrogen-bond acceptors (Lipinski definition) is 2. The predicted molar refractivity (Wildman–Crippen MR) is 90.2 cm³/mol. The van der Waals surface area contributed by atoms with Gasteiger partial charge in [-0.3, -0.25) is 4.79 Å². The minimum Gasteiger partial charge on any atom is -0.338 e. The highest BCUT2D eigenvalue weighted by molar-refractivity contribution is 5.93. The van der Waals surface area contributed by atoms with Crippen molar-refractivity contribution in [2.24, 2.45) is 7.05 Å². The molecule has 0 fully saturated rings. The van der Waals surface area contributed by atoms with E-state index < -0.39 is 0 Å². The van der Waals surface area contributed by atoms with Crippen molar-refractivity contribution in [3.8, 4) is 0 Å². The minimum absolute atomic E-state index is 0.0238. The Labute approximate surface area is 132 Å². The van der Waals surface area contributed by atoms with Gasteiger partial charge in [0.2, 0.25) is 5.91 Å². The van der Waals surface area contributed by atoms with Crippen molar-refractivity contribution in [1.82, 2.24) is 9.55 Å². The maximum Gasteiger partial charge on any atom is 0.231 e. The van der Waals surface area contributed by atoms with Crippen molar-refractivity contribution in [1.29, 1.82) is 0 Å². The molecule has 0 atom stereocenters. The maximum atomic E-state index is 12.4. The molecule has 1 aromatic heterocycles. The highest BCUT2D eigenvalue weighted by Crippen LogP contribution is 2.32. The van der Waals surface area contributed by atoms with E-state index in [9.17, 15) is 4.79 Å². The van der Waals surface area contributed by atoms with Crippen LogP contribution < -0.4 is 5.32 Å². The second-order valence-corrected chi connectivity index (χ2v) is 6.30. The van der Waals surface area contributed by atoms with Gasteiger partial charge >= 0.3 is 0 Å². The molecule has 2 aromatic rings. The summed E-state index contributed by atoms with van der Waals surface area (Å²) in [6, 6.07) is 6.25. The van der Waals surface area contributed by atoms with Crippen LogP contribution in [0.3, 0.4) is 0 Å². The Morgan fingerprint density at radius 3 is 2.23 bits per heavy atom. The van der Waals surface area contributed by atoms with Gasteiger partial charge < -0.3 is 9.88 Å². The van der Waals surface area contributed by atoms with E-state index in [0.29, 0.717) is 11.8 Å². The van der Waals surface area contributed by atoms with Crippen molar-refractivity contribution in [2.75, 3.05) is 5.32 Å². The number of nitrogens with zero attached hydrogens (tertiary/aromatic N) is 2. The first-order chi connectivity index (χ1) is 10.4. The molecule has 0 radical (unpaired) electrons. The number of amides is 1. The molecule has 1 aromatic carbocycles. The summed E-state index contributed by atoms with van der Waals surface area (Å²) < 4.78 is 1.87. The van der Waals surface area contributed by atoms with Crippen molar-refractivity contribution < 1.29 is 4.79 Å². The Kier molecular flexibility index (Phi) is 5.01. The average Bonchev–Trinajstić information content (AvgIpc) is 2.83. The molecule has 0 saturated heterocycles. The van der Waals surface area contributed by atoms with E-state index in [-0.39, 0.29) is 12.3 Å². The van der Waals surface area contributed by atoms with Crippen LogP contribution in [-0.2, 0) is 18.3 Å². The Balaban J connectivity index is 2.27. The molecule has 1 amide bonds. The third-order valence-corrected chi connectivity index (χ3v) is 3.88. The van der Waals surface area contributed by atoms with E-state index in [1.807, 2.05) is 17.8 Å². The molecule has 118 valence electrons. The average molecular weight is 299 g/mol. The number of carbonyl (C=O) groups excluding carboxylic acids is 1. The largest absolute Gasteiger partial charge is 0.338 e. The predicted octanol–water partition coefficient (Wildman–Crippen LogP) is 3.85. The van der Waals surface area contributed by atoms with E-state index in [0.717, 1.165) is 11.5 Å². The molecule has 4 nitrogen and oxygen atoms in total. The zero-order chi connectivity index (χ0) is 16.3. The van der Waals surface area contributed by atoms with Gasteiger partial charge in [-0.05, 0) is 23.0 Å². The van der Waals surface area contributed by atoms with Crippen LogP contribution in [0.25, 0.3) is 0 Å². The summed E-state index contributed by atoms with van der Waals surface area (Å²) in [7, 11) is 1.90. The topological polar surface area (TPSA) is 46.9 Å². The first-order valence-electron chi connectivity index (χ1n) is 7.79. The van der Waals surface area contributed by atoms with Crippen molar-refractivity contribution in [3.05, 3.63) is 47.5 Å². The van der Waals surface area contributed by atoms with E-state index in [4.69, 9.17) is 0 Å². The number of para-hydroxylation sites is 1. The molecule has 0 bridgehead atoms. The van der Waals surface area contributed by atoms with Gasteiger partial charge in [0.1, 0.15) is 5.82 Å². The number of aromatic nitrogens is 2. The van der Waals surface area contributed by atoms with Gasteiger partial charge in [0, 0.05) is 25.1 Å². The summed E-state index contributed by atoms with van der Waals surface area (Å²) in [5.74, 6) is 1.47. The fourth-order valence-corrected chi connectivity index (χ4v) is 2.59. The number of aryl methyl sites for hydroxylation is 1. The molecule has 2 rings (SSSR count). The Hall–Kier alpha value is -2.10. The van der Waals surface area contributed by atoms with Gasteiger partial charge in [-0.15, -0.1) is 0 Å². The van der Waals surface area contributed by atoms with Crippen molar-refractivity contribution in [2.45, 2.75) is 46.0 Å². The Morgan fingerprint density at radius 1 is 1.18 bits per heavy atom. The lowest BCUT2D eigenvalue weighted by atomic mass is 9.92. The molecule has 0 unspecified atom stereocenters. The fourth-order valence-electron chi connectivity index (χ4n) is 2.59. The lowest BCUT2D eigenvalue weighted by Gasteiger charge is -2.20. The first kappa shape index (κ1) is 16.3. The van der Waals surface area contributed by atoms with Gasteiger partial charge in [-0.25, -0.2) is 4.98 Å². The Morgan fingerprint density at radius 2 is 1.77 bits per heavy atom. The van der Waals surface area contributed by atoms with E-state index in [2.05, 4.69) is 56.2 Å². The lowest BCUT2D eigenvalue weighted by Crippen LogP contribution is -2.19. The van der Waals surface area contributed by atoms with Crippen LogP contribution in [0.5, 0.6) is 0 Å². The summed E-state index contributed by atoms with van der Waals surface area (Å²) in [6.07, 6.45) is 3.85. The van der Waals surface area contributed by atoms with Gasteiger partial charge in [-0.2, -0.15) is 0 Å². The third-order valence-electron chi connectivity index (χ3n) is 3.88. The second-order valence-electron chi connectivity index (χ2n) is 6.30. The van der Waals surface area contributed by atoms with Gasteiger partial charge in [0.05, 0.1) is 6.42 Å². The van der Waals surface area contributed by atoms with Crippen LogP contribution in [0, 0.1) is 0 Å². The number of anilines is 1. The number of hydrogen-bond donors (Lipinski definition) is 1. The van der Waals surface area contributed by atoms with Crippen LogP contribution in [0.4, 0.5) is 5.69 Å². The summed E-state index contributed by atoms with van der Waals surface area (Å²) >= 11 is 0. The molecular weight excluding hydrogens is 274 g/mol. The summed E-state index contributed by atoms with van der Waals surface area (Å²) in [5.41, 5.74) is 3.32. The summed E-state index contributed by atoms with van der Waals surface area (Å²) in [6.45, 7) is 8.59. The molecule has 4 heteroatoms. The smallest absolute Gasteiger partial charge is 0.231 e. The maximum absolute atomic E-state index is 12.4. The standard InChI is InChI=1S/C18H25N3O/c1-12(2)14-7-6-8-15(13(3)4)18(14)20-17(22)11-16-19-9-10-21(16)5/h6-10,12-13H,11H2,1-5H3,(H,20,22). The van der Waals surface area contributed by atoms with Gasteiger partial charge in [0.25, 0.3) is 0 Å². The van der Waals surface area contributed by atoms with E-state index in [1.165, 1.54) is 11.1 Å². The van der Waals surface area contributed by atoms with Crippen LogP contribution >= 0.6 is 0 Å². The van der Waals surface area contributed by atoms with Gasteiger partial charge in [-0.1, -0.05) is 45.9 Å². The molecule has 0 aliphatic carbocycles. The quantitative estimate of drug-likeness (QED) is 0.911. The first-order valence-corrected chi connectivity index (χ1v) is 7.79. The van der Waals surface area contributed by atoms with E-state index in [1.54, 1.807) is 6.20 Å². The minimum atomic E-state index is -0.0238. The molecule has 22 heavy (non-hydrogen) atoms. The number of rotatable bonds is 5. The molecule has 0 aliphatic heterocycles. The monoisotopic (exact) mass is 299 g/mol.